The van der Waals surface area contributed by atoms with Crippen LogP contribution in [0, 0.1) is 11.3 Å². The largest absolute Gasteiger partial charge is 0.0918 e. The first-order valence-electron chi connectivity index (χ1n) is 6.07. The Morgan fingerprint density at radius 2 is 1.71 bits per heavy atom. The van der Waals surface area contributed by atoms with Gasteiger partial charge in [-0.05, 0) is 18.8 Å². The molecule has 3 atom stereocenters. The zero-order valence-electron chi connectivity index (χ0n) is 10.1. The summed E-state index contributed by atoms with van der Waals surface area (Å²) in [5.74, 6) is 0.539. The summed E-state index contributed by atoms with van der Waals surface area (Å²) in [5, 5.41) is 1.01. The summed E-state index contributed by atoms with van der Waals surface area (Å²) in [6, 6.07) is 0. The van der Waals surface area contributed by atoms with Gasteiger partial charge < -0.3 is 0 Å². The quantitative estimate of drug-likeness (QED) is 0.611. The van der Waals surface area contributed by atoms with E-state index in [0.29, 0.717) is 5.92 Å². The monoisotopic (exact) mass is 356 g/mol. The number of halogens is 2. The van der Waals surface area contributed by atoms with Crippen LogP contribution in [0.2, 0.25) is 0 Å². The minimum atomic E-state index is 0.0883. The van der Waals surface area contributed by atoms with Crippen molar-refractivity contribution >= 4 is 31.9 Å². The lowest BCUT2D eigenvalue weighted by molar-refractivity contribution is 0.249. The number of hydrogen-bond acceptors (Lipinski definition) is 0. The lowest BCUT2D eigenvalue weighted by Crippen LogP contribution is -2.42. The van der Waals surface area contributed by atoms with E-state index in [2.05, 4.69) is 87.4 Å². The van der Waals surface area contributed by atoms with Crippen LogP contribution in [-0.2, 0) is 0 Å². The Kier molecular flexibility index (Phi) is 4.14. The van der Waals surface area contributed by atoms with E-state index >= 15 is 0 Å². The van der Waals surface area contributed by atoms with Crippen molar-refractivity contribution in [1.29, 1.82) is 0 Å². The van der Waals surface area contributed by atoms with Gasteiger partial charge in [0.1, 0.15) is 0 Å². The van der Waals surface area contributed by atoms with Crippen molar-refractivity contribution in [3.63, 3.8) is 0 Å². The normalized spacial score (nSPS) is 37.4. The molecule has 0 amide bonds. The van der Waals surface area contributed by atoms with Gasteiger partial charge in [0.05, 0.1) is 4.32 Å². The Morgan fingerprint density at radius 3 is 2.18 bits per heavy atom. The summed E-state index contributed by atoms with van der Waals surface area (Å²) in [4.78, 5) is 0. The van der Waals surface area contributed by atoms with Crippen molar-refractivity contribution in [2.45, 2.75) is 24.1 Å². The van der Waals surface area contributed by atoms with Gasteiger partial charge >= 0.3 is 0 Å². The molecule has 0 saturated heterocycles. The van der Waals surface area contributed by atoms with Gasteiger partial charge in [-0.15, -0.1) is 0 Å². The molecule has 0 fully saturated rings. The highest BCUT2D eigenvalue weighted by atomic mass is 79.9. The van der Waals surface area contributed by atoms with Crippen molar-refractivity contribution in [3.05, 3.63) is 48.6 Å². The summed E-state index contributed by atoms with van der Waals surface area (Å²) in [6.45, 7) is 2.35. The molecule has 0 N–H and O–H groups in total. The Labute approximate surface area is 121 Å². The zero-order chi connectivity index (χ0) is 12.4. The highest BCUT2D eigenvalue weighted by Crippen LogP contribution is 2.49. The molecule has 0 saturated carbocycles. The predicted molar refractivity (Wildman–Crippen MR) is 82.8 cm³/mol. The van der Waals surface area contributed by atoms with Gasteiger partial charge in [0.2, 0.25) is 0 Å². The number of alkyl halides is 2. The molecular weight excluding hydrogens is 340 g/mol. The average molecular weight is 358 g/mol. The van der Waals surface area contributed by atoms with E-state index in [4.69, 9.17) is 0 Å². The molecule has 0 heterocycles. The fourth-order valence-electron chi connectivity index (χ4n) is 2.63. The molecule has 2 rings (SSSR count). The highest BCUT2D eigenvalue weighted by Gasteiger charge is 2.43. The Balaban J connectivity index is 2.26. The first-order valence-corrected chi connectivity index (χ1v) is 7.98. The summed E-state index contributed by atoms with van der Waals surface area (Å²) in [5.41, 5.74) is 0.216. The molecule has 0 aromatic carbocycles. The second-order valence-corrected chi connectivity index (χ2v) is 7.04. The van der Waals surface area contributed by atoms with E-state index < -0.39 is 0 Å². The molecule has 0 radical (unpaired) electrons. The molecule has 0 spiro atoms. The lowest BCUT2D eigenvalue weighted by atomic mass is 9.67. The molecule has 2 aliphatic rings. The summed E-state index contributed by atoms with van der Waals surface area (Å²) >= 11 is 7.67. The number of hydrogen-bond donors (Lipinski definition) is 0. The molecule has 0 aromatic heterocycles. The van der Waals surface area contributed by atoms with Crippen LogP contribution in [0.1, 0.15) is 19.8 Å². The Morgan fingerprint density at radius 1 is 1.06 bits per heavy atom. The minimum absolute atomic E-state index is 0.0883. The molecule has 0 nitrogen and oxygen atoms in total. The molecule has 92 valence electrons. The maximum atomic E-state index is 3.96. The van der Waals surface area contributed by atoms with Crippen LogP contribution in [0.4, 0.5) is 0 Å². The lowest BCUT2D eigenvalue weighted by Gasteiger charge is -2.44. The van der Waals surface area contributed by atoms with E-state index in [-0.39, 0.29) is 9.74 Å². The van der Waals surface area contributed by atoms with Crippen molar-refractivity contribution in [1.82, 2.24) is 0 Å². The third-order valence-electron chi connectivity index (χ3n) is 4.06. The van der Waals surface area contributed by atoms with Crippen LogP contribution >= 0.6 is 31.9 Å². The maximum Gasteiger partial charge on any atom is 0.0508 e. The van der Waals surface area contributed by atoms with Crippen LogP contribution in [-0.4, -0.2) is 9.65 Å². The van der Waals surface area contributed by atoms with E-state index in [9.17, 15) is 0 Å². The second-order valence-electron chi connectivity index (χ2n) is 5.00. The van der Waals surface area contributed by atoms with Crippen molar-refractivity contribution in [3.8, 4) is 0 Å². The van der Waals surface area contributed by atoms with Gasteiger partial charge in [-0.1, -0.05) is 87.4 Å². The first-order chi connectivity index (χ1) is 8.13. The SMILES string of the molecule is CC(C1(Br)C=CC=CC1)C1(CBr)C=CC=CC1. The molecule has 3 unspecified atom stereocenters. The topological polar surface area (TPSA) is 0 Å². The maximum absolute atomic E-state index is 3.96. The summed E-state index contributed by atoms with van der Waals surface area (Å²) < 4.78 is 0.0883. The molecule has 2 heteroatoms. The van der Waals surface area contributed by atoms with E-state index in [0.717, 1.165) is 18.2 Å². The third kappa shape index (κ3) is 2.53. The predicted octanol–water partition coefficient (Wildman–Crippen LogP) is 5.17. The van der Waals surface area contributed by atoms with Crippen LogP contribution in [0.25, 0.3) is 0 Å². The van der Waals surface area contributed by atoms with Gasteiger partial charge in [0.15, 0.2) is 0 Å². The van der Waals surface area contributed by atoms with Crippen molar-refractivity contribution in [2.75, 3.05) is 5.33 Å². The average Bonchev–Trinajstić information content (AvgIpc) is 2.39. The van der Waals surface area contributed by atoms with Crippen LogP contribution in [0.15, 0.2) is 48.6 Å². The molecule has 17 heavy (non-hydrogen) atoms. The summed E-state index contributed by atoms with van der Waals surface area (Å²) in [7, 11) is 0. The molecular formula is C15H18Br2. The van der Waals surface area contributed by atoms with E-state index in [1.807, 2.05) is 0 Å². The second kappa shape index (κ2) is 5.27. The molecule has 0 aromatic rings. The molecule has 2 aliphatic carbocycles. The van der Waals surface area contributed by atoms with Gasteiger partial charge in [0.25, 0.3) is 0 Å². The van der Waals surface area contributed by atoms with Crippen molar-refractivity contribution < 1.29 is 0 Å². The minimum Gasteiger partial charge on any atom is -0.0918 e. The van der Waals surface area contributed by atoms with Crippen LogP contribution in [0.5, 0.6) is 0 Å². The molecule has 0 aliphatic heterocycles. The summed E-state index contributed by atoms with van der Waals surface area (Å²) in [6.07, 6.45) is 20.0. The van der Waals surface area contributed by atoms with E-state index in [1.165, 1.54) is 0 Å². The van der Waals surface area contributed by atoms with Crippen LogP contribution < -0.4 is 0 Å². The fraction of sp³-hybridized carbons (Fsp3) is 0.467. The molecule has 0 bridgehead atoms. The standard InChI is InChI=1S/C15H18Br2/c1-13(15(17)10-6-3-7-11-15)14(12-16)8-4-2-5-9-14/h2-8,10,13H,9,11-12H2,1H3. The van der Waals surface area contributed by atoms with E-state index in [1.54, 1.807) is 0 Å². The number of rotatable bonds is 3. The Bertz CT molecular complexity index is 392. The Hall–Kier alpha value is -0.0800. The van der Waals surface area contributed by atoms with Crippen LogP contribution in [0.3, 0.4) is 0 Å². The van der Waals surface area contributed by atoms with Gasteiger partial charge in [-0.25, -0.2) is 0 Å². The third-order valence-corrected chi connectivity index (χ3v) is 6.37. The van der Waals surface area contributed by atoms with Gasteiger partial charge in [0, 0.05) is 10.7 Å². The smallest absolute Gasteiger partial charge is 0.0508 e. The first kappa shape index (κ1) is 13.4. The van der Waals surface area contributed by atoms with Crippen molar-refractivity contribution in [2.24, 2.45) is 11.3 Å². The number of allylic oxidation sites excluding steroid dienone is 8. The fourth-order valence-corrected chi connectivity index (χ4v) is 4.32. The zero-order valence-corrected chi connectivity index (χ0v) is 13.2. The van der Waals surface area contributed by atoms with Gasteiger partial charge in [-0.2, -0.15) is 0 Å². The highest BCUT2D eigenvalue weighted by molar-refractivity contribution is 9.10. The van der Waals surface area contributed by atoms with Gasteiger partial charge in [-0.3, -0.25) is 0 Å².